The molecule has 1 saturated heterocycles. The fraction of sp³-hybridized carbons (Fsp3) is 0.938. The van der Waals surface area contributed by atoms with Gasteiger partial charge in [0.05, 0.1) is 6.61 Å². The molecule has 1 N–H and O–H groups in total. The third kappa shape index (κ3) is 5.57. The fourth-order valence-electron chi connectivity index (χ4n) is 2.98. The van der Waals surface area contributed by atoms with Crippen LogP contribution >= 0.6 is 0 Å². The average Bonchev–Trinajstić information content (AvgIpc) is 2.84. The summed E-state index contributed by atoms with van der Waals surface area (Å²) in [5.41, 5.74) is -0.568. The predicted octanol–water partition coefficient (Wildman–Crippen LogP) is 1.33. The zero-order valence-corrected chi connectivity index (χ0v) is 14.4. The van der Waals surface area contributed by atoms with Crippen LogP contribution in [0.4, 0.5) is 0 Å². The number of carbonyl (C=O) groups excluding carboxylic acids is 1. The van der Waals surface area contributed by atoms with Crippen LogP contribution in [0.3, 0.4) is 0 Å². The lowest BCUT2D eigenvalue weighted by Crippen LogP contribution is -2.49. The van der Waals surface area contributed by atoms with E-state index in [9.17, 15) is 4.79 Å². The largest absolute Gasteiger partial charge is 0.465 e. The average molecular weight is 299 g/mol. The Bertz CT molecular complexity index is 325. The first-order chi connectivity index (χ1) is 9.92. The monoisotopic (exact) mass is 299 g/mol. The van der Waals surface area contributed by atoms with E-state index in [0.29, 0.717) is 12.6 Å². The molecule has 1 heterocycles. The van der Waals surface area contributed by atoms with Crippen molar-refractivity contribution in [1.82, 2.24) is 15.1 Å². The molecule has 1 fully saturated rings. The second-order valence-electron chi connectivity index (χ2n) is 6.45. The van der Waals surface area contributed by atoms with E-state index in [-0.39, 0.29) is 5.97 Å². The van der Waals surface area contributed by atoms with Crippen LogP contribution in [0.5, 0.6) is 0 Å². The van der Waals surface area contributed by atoms with Crippen molar-refractivity contribution in [2.75, 3.05) is 47.4 Å². The van der Waals surface area contributed by atoms with Crippen LogP contribution in [0.2, 0.25) is 0 Å². The van der Waals surface area contributed by atoms with Gasteiger partial charge >= 0.3 is 5.97 Å². The first-order valence-electron chi connectivity index (χ1n) is 8.18. The molecule has 0 bridgehead atoms. The summed E-state index contributed by atoms with van der Waals surface area (Å²) in [5.74, 6) is -0.148. The Morgan fingerprint density at radius 2 is 2.24 bits per heavy atom. The topological polar surface area (TPSA) is 44.8 Å². The highest BCUT2D eigenvalue weighted by Crippen LogP contribution is 2.17. The summed E-state index contributed by atoms with van der Waals surface area (Å²) in [6.45, 7) is 7.56. The number of likely N-dealkylation sites (N-methyl/N-ethyl adjacent to an activating group) is 3. The number of esters is 1. The summed E-state index contributed by atoms with van der Waals surface area (Å²) in [6.07, 6.45) is 4.41. The molecule has 21 heavy (non-hydrogen) atoms. The normalized spacial score (nSPS) is 22.5. The Morgan fingerprint density at radius 1 is 1.52 bits per heavy atom. The van der Waals surface area contributed by atoms with E-state index in [2.05, 4.69) is 29.2 Å². The van der Waals surface area contributed by atoms with Gasteiger partial charge in [0, 0.05) is 12.6 Å². The van der Waals surface area contributed by atoms with Gasteiger partial charge in [-0.3, -0.25) is 4.79 Å². The minimum Gasteiger partial charge on any atom is -0.465 e. The summed E-state index contributed by atoms with van der Waals surface area (Å²) in [7, 11) is 6.21. The Hall–Kier alpha value is -0.650. The van der Waals surface area contributed by atoms with Crippen LogP contribution in [-0.2, 0) is 9.53 Å². The number of rotatable bonds is 9. The van der Waals surface area contributed by atoms with Gasteiger partial charge < -0.3 is 19.9 Å². The lowest BCUT2D eigenvalue weighted by molar-refractivity contribution is -0.150. The zero-order chi connectivity index (χ0) is 15.9. The van der Waals surface area contributed by atoms with Crippen molar-refractivity contribution < 1.29 is 9.53 Å². The SMILES string of the molecule is CCOC(=O)C(C)(CCCN(C)CC1CCCN1C)NC. The Labute approximate surface area is 130 Å². The minimum atomic E-state index is -0.568. The van der Waals surface area contributed by atoms with Gasteiger partial charge in [0.1, 0.15) is 5.54 Å². The summed E-state index contributed by atoms with van der Waals surface area (Å²) in [4.78, 5) is 16.8. The van der Waals surface area contributed by atoms with Gasteiger partial charge in [-0.1, -0.05) is 0 Å². The first-order valence-corrected chi connectivity index (χ1v) is 8.18. The number of carbonyl (C=O) groups is 1. The number of likely N-dealkylation sites (tertiary alicyclic amines) is 1. The molecular formula is C16H33N3O2. The molecule has 1 rings (SSSR count). The van der Waals surface area contributed by atoms with Crippen LogP contribution in [-0.4, -0.2) is 74.7 Å². The van der Waals surface area contributed by atoms with Crippen LogP contribution < -0.4 is 5.32 Å². The van der Waals surface area contributed by atoms with E-state index in [1.165, 1.54) is 19.4 Å². The molecule has 2 unspecified atom stereocenters. The third-order valence-electron chi connectivity index (χ3n) is 4.69. The first kappa shape index (κ1) is 18.4. The second-order valence-corrected chi connectivity index (χ2v) is 6.45. The van der Waals surface area contributed by atoms with Crippen LogP contribution in [0, 0.1) is 0 Å². The molecule has 5 nitrogen and oxygen atoms in total. The van der Waals surface area contributed by atoms with E-state index in [4.69, 9.17) is 4.74 Å². The highest BCUT2D eigenvalue weighted by molar-refractivity contribution is 5.80. The molecule has 0 aromatic carbocycles. The summed E-state index contributed by atoms with van der Waals surface area (Å²) >= 11 is 0. The summed E-state index contributed by atoms with van der Waals surface area (Å²) in [6, 6.07) is 0.691. The molecule has 0 saturated carbocycles. The van der Waals surface area contributed by atoms with Crippen LogP contribution in [0.15, 0.2) is 0 Å². The number of hydrogen-bond acceptors (Lipinski definition) is 5. The molecule has 0 amide bonds. The summed E-state index contributed by atoms with van der Waals surface area (Å²) < 4.78 is 5.16. The number of ether oxygens (including phenoxy) is 1. The van der Waals surface area contributed by atoms with Crippen molar-refractivity contribution >= 4 is 5.97 Å². The quantitative estimate of drug-likeness (QED) is 0.651. The molecule has 5 heteroatoms. The molecule has 0 aliphatic carbocycles. The van der Waals surface area contributed by atoms with Crippen LogP contribution in [0.1, 0.15) is 39.5 Å². The van der Waals surface area contributed by atoms with E-state index in [1.807, 2.05) is 20.9 Å². The van der Waals surface area contributed by atoms with Crippen molar-refractivity contribution in [2.45, 2.75) is 51.1 Å². The Balaban J connectivity index is 2.31. The van der Waals surface area contributed by atoms with Gasteiger partial charge in [0.2, 0.25) is 0 Å². The molecular weight excluding hydrogens is 266 g/mol. The van der Waals surface area contributed by atoms with Gasteiger partial charge in [-0.15, -0.1) is 0 Å². The van der Waals surface area contributed by atoms with Crippen molar-refractivity contribution in [2.24, 2.45) is 0 Å². The number of hydrogen-bond donors (Lipinski definition) is 1. The van der Waals surface area contributed by atoms with Crippen molar-refractivity contribution in [3.8, 4) is 0 Å². The highest BCUT2D eigenvalue weighted by Gasteiger charge is 2.32. The highest BCUT2D eigenvalue weighted by atomic mass is 16.5. The minimum absolute atomic E-state index is 0.148. The molecule has 0 radical (unpaired) electrons. The lowest BCUT2D eigenvalue weighted by atomic mass is 9.96. The Kier molecular flexibility index (Phi) is 7.63. The molecule has 0 spiro atoms. The smallest absolute Gasteiger partial charge is 0.326 e. The van der Waals surface area contributed by atoms with Crippen LogP contribution in [0.25, 0.3) is 0 Å². The van der Waals surface area contributed by atoms with E-state index in [1.54, 1.807) is 0 Å². The van der Waals surface area contributed by atoms with Crippen molar-refractivity contribution in [3.63, 3.8) is 0 Å². The number of nitrogens with zero attached hydrogens (tertiary/aromatic N) is 2. The number of nitrogens with one attached hydrogen (secondary N) is 1. The second kappa shape index (κ2) is 8.71. The predicted molar refractivity (Wildman–Crippen MR) is 86.5 cm³/mol. The molecule has 1 aliphatic heterocycles. The van der Waals surface area contributed by atoms with E-state index >= 15 is 0 Å². The van der Waals surface area contributed by atoms with Gasteiger partial charge in [-0.05, 0) is 73.8 Å². The van der Waals surface area contributed by atoms with Crippen molar-refractivity contribution in [1.29, 1.82) is 0 Å². The van der Waals surface area contributed by atoms with Gasteiger partial charge in [0.25, 0.3) is 0 Å². The Morgan fingerprint density at radius 3 is 2.76 bits per heavy atom. The van der Waals surface area contributed by atoms with Gasteiger partial charge in [-0.2, -0.15) is 0 Å². The van der Waals surface area contributed by atoms with E-state index < -0.39 is 5.54 Å². The maximum Gasteiger partial charge on any atom is 0.326 e. The molecule has 0 aromatic heterocycles. The zero-order valence-electron chi connectivity index (χ0n) is 14.4. The maximum absolute atomic E-state index is 12.0. The molecule has 2 atom stereocenters. The van der Waals surface area contributed by atoms with Crippen molar-refractivity contribution in [3.05, 3.63) is 0 Å². The molecule has 0 aromatic rings. The summed E-state index contributed by atoms with van der Waals surface area (Å²) in [5, 5.41) is 3.12. The molecule has 124 valence electrons. The van der Waals surface area contributed by atoms with Gasteiger partial charge in [-0.25, -0.2) is 0 Å². The lowest BCUT2D eigenvalue weighted by Gasteiger charge is -2.29. The fourth-order valence-corrected chi connectivity index (χ4v) is 2.98. The maximum atomic E-state index is 12.0. The molecule has 1 aliphatic rings. The van der Waals surface area contributed by atoms with E-state index in [0.717, 1.165) is 25.9 Å². The third-order valence-corrected chi connectivity index (χ3v) is 4.69. The van der Waals surface area contributed by atoms with Gasteiger partial charge in [0.15, 0.2) is 0 Å². The standard InChI is InChI=1S/C16H33N3O2/c1-6-21-15(20)16(2,17-3)10-8-11-18(4)13-14-9-7-12-19(14)5/h14,17H,6-13H2,1-5H3.